The van der Waals surface area contributed by atoms with Gasteiger partial charge < -0.3 is 0 Å². The lowest BCUT2D eigenvalue weighted by molar-refractivity contribution is 0.111. The van der Waals surface area contributed by atoms with E-state index in [2.05, 4.69) is 77.0 Å². The van der Waals surface area contributed by atoms with Crippen LogP contribution in [0.1, 0.15) is 142 Å². The number of nitrogens with zero attached hydrogens (tertiary/aromatic N) is 3. The summed E-state index contributed by atoms with van der Waals surface area (Å²) >= 11 is 0. The van der Waals surface area contributed by atoms with Crippen LogP contribution in [0.3, 0.4) is 0 Å². The molecule has 3 rings (SSSR count). The number of piperidine rings is 1. The summed E-state index contributed by atoms with van der Waals surface area (Å²) in [5.74, 6) is 0. The summed E-state index contributed by atoms with van der Waals surface area (Å²) in [4.78, 5) is 7.74. The molecule has 3 aliphatic rings. The van der Waals surface area contributed by atoms with Gasteiger partial charge >= 0.3 is 0 Å². The van der Waals surface area contributed by atoms with Gasteiger partial charge in [0.25, 0.3) is 0 Å². The van der Waals surface area contributed by atoms with Gasteiger partial charge in [-0.3, -0.25) is 14.7 Å². The first-order valence-corrected chi connectivity index (χ1v) is 13.1. The van der Waals surface area contributed by atoms with Crippen LogP contribution in [0.5, 0.6) is 0 Å². The minimum atomic E-state index is 0. The number of hydrogen-bond donors (Lipinski definition) is 0. The predicted octanol–water partition coefficient (Wildman–Crippen LogP) is 8.72. The molecule has 3 heterocycles. The molecule has 0 bridgehead atoms. The van der Waals surface area contributed by atoms with Crippen molar-refractivity contribution in [3.8, 4) is 0 Å². The summed E-state index contributed by atoms with van der Waals surface area (Å²) in [6.45, 7) is 28.6. The van der Waals surface area contributed by atoms with Gasteiger partial charge in [0.15, 0.2) is 0 Å². The summed E-state index contributed by atoms with van der Waals surface area (Å²) in [6.07, 6.45) is 12.7. The molecule has 0 unspecified atom stereocenters. The van der Waals surface area contributed by atoms with E-state index in [4.69, 9.17) is 0 Å². The van der Waals surface area contributed by atoms with Crippen LogP contribution in [-0.2, 0) is 0 Å². The van der Waals surface area contributed by atoms with Crippen molar-refractivity contribution in [3.05, 3.63) is 0 Å². The smallest absolute Gasteiger partial charge is 0.0125 e. The predicted molar refractivity (Wildman–Crippen MR) is 156 cm³/mol. The van der Waals surface area contributed by atoms with Gasteiger partial charge in [-0.05, 0) is 140 Å². The second-order valence-corrected chi connectivity index (χ2v) is 12.7. The molecule has 0 saturated carbocycles. The van der Waals surface area contributed by atoms with E-state index in [1.54, 1.807) is 0 Å². The summed E-state index contributed by atoms with van der Waals surface area (Å²) in [7, 11) is 0. The molecule has 3 fully saturated rings. The molecule has 3 nitrogen and oxygen atoms in total. The Bertz CT molecular complexity index is 419. The van der Waals surface area contributed by atoms with E-state index in [0.29, 0.717) is 16.6 Å². The second-order valence-electron chi connectivity index (χ2n) is 12.7. The number of hydrogen-bond acceptors (Lipinski definition) is 3. The molecule has 33 heavy (non-hydrogen) atoms. The lowest BCUT2D eigenvalue weighted by atomic mass is 10.0. The highest BCUT2D eigenvalue weighted by molar-refractivity contribution is 4.80. The number of likely N-dealkylation sites (tertiary alicyclic amines) is 3. The van der Waals surface area contributed by atoms with Crippen LogP contribution >= 0.6 is 0 Å². The molecule has 0 aromatic carbocycles. The third-order valence-electron chi connectivity index (χ3n) is 6.91. The molecule has 0 spiro atoms. The van der Waals surface area contributed by atoms with Crippen molar-refractivity contribution >= 4 is 0 Å². The van der Waals surface area contributed by atoms with E-state index in [1.807, 2.05) is 0 Å². The van der Waals surface area contributed by atoms with Crippen LogP contribution in [0.4, 0.5) is 0 Å². The number of rotatable bonds is 0. The molecule has 3 saturated heterocycles. The topological polar surface area (TPSA) is 9.72 Å². The van der Waals surface area contributed by atoms with Gasteiger partial charge in [-0.25, -0.2) is 0 Å². The molecule has 3 aliphatic heterocycles. The van der Waals surface area contributed by atoms with Crippen molar-refractivity contribution in [2.75, 3.05) is 39.3 Å². The molecule has 3 heteroatoms. The Balaban J connectivity index is -0.000000393. The average Bonchev–Trinajstić information content (AvgIpc) is 3.05. The SMILES string of the molecule is C.C.C.CC(C)(C)N1CCCC1.CC(C)(C)N1CCCCC1.CC(C)(C)N1CCCCCC1. The zero-order valence-corrected chi connectivity index (χ0v) is 22.4. The van der Waals surface area contributed by atoms with Gasteiger partial charge in [-0.15, -0.1) is 0 Å². The first-order chi connectivity index (χ1) is 13.8. The van der Waals surface area contributed by atoms with Crippen molar-refractivity contribution in [2.24, 2.45) is 0 Å². The summed E-state index contributed by atoms with van der Waals surface area (Å²) in [6, 6.07) is 0. The summed E-state index contributed by atoms with van der Waals surface area (Å²) in [5.41, 5.74) is 1.21. The highest BCUT2D eigenvalue weighted by Crippen LogP contribution is 2.20. The lowest BCUT2D eigenvalue weighted by Gasteiger charge is -2.38. The van der Waals surface area contributed by atoms with Crippen molar-refractivity contribution < 1.29 is 0 Å². The molecule has 0 aromatic rings. The zero-order valence-electron chi connectivity index (χ0n) is 22.4. The van der Waals surface area contributed by atoms with Gasteiger partial charge in [0.05, 0.1) is 0 Å². The molecule has 0 aliphatic carbocycles. The Hall–Kier alpha value is -0.120. The maximum atomic E-state index is 2.61. The normalized spacial score (nSPS) is 21.0. The minimum Gasteiger partial charge on any atom is -0.298 e. The third kappa shape index (κ3) is 16.2. The molecule has 0 amide bonds. The van der Waals surface area contributed by atoms with Crippen molar-refractivity contribution in [1.82, 2.24) is 14.7 Å². The summed E-state index contributed by atoms with van der Waals surface area (Å²) in [5, 5.41) is 0. The lowest BCUT2D eigenvalue weighted by Crippen LogP contribution is -2.44. The maximum absolute atomic E-state index is 2.61. The Labute approximate surface area is 213 Å². The van der Waals surface area contributed by atoms with E-state index in [-0.39, 0.29) is 22.3 Å². The fourth-order valence-corrected chi connectivity index (χ4v) is 4.69. The Morgan fingerprint density at radius 1 is 0.303 bits per heavy atom. The quantitative estimate of drug-likeness (QED) is 0.349. The van der Waals surface area contributed by atoms with Crippen LogP contribution in [0.2, 0.25) is 0 Å². The minimum absolute atomic E-state index is 0. The largest absolute Gasteiger partial charge is 0.298 e. The average molecular weight is 472 g/mol. The van der Waals surface area contributed by atoms with Crippen molar-refractivity contribution in [1.29, 1.82) is 0 Å². The zero-order chi connectivity index (χ0) is 22.8. The second kappa shape index (κ2) is 17.3. The highest BCUT2D eigenvalue weighted by Gasteiger charge is 2.24. The third-order valence-corrected chi connectivity index (χ3v) is 6.91. The first-order valence-electron chi connectivity index (χ1n) is 13.1. The van der Waals surface area contributed by atoms with Crippen LogP contribution in [0.25, 0.3) is 0 Å². The van der Waals surface area contributed by atoms with E-state index in [9.17, 15) is 0 Å². The standard InChI is InChI=1S/C10H21N.C9H19N.C8H17N.3CH4/c1-10(2,3)11-8-6-4-5-7-9-11;1-9(2,3)10-7-5-4-6-8-10;1-8(2,3)9-6-4-5-7-9;;;/h4-9H2,1-3H3;4-8H2,1-3H3;4-7H2,1-3H3;3*1H4. The maximum Gasteiger partial charge on any atom is 0.0125 e. The van der Waals surface area contributed by atoms with Gasteiger partial charge in [0, 0.05) is 16.6 Å². The Morgan fingerprint density at radius 2 is 0.455 bits per heavy atom. The van der Waals surface area contributed by atoms with Crippen LogP contribution in [0.15, 0.2) is 0 Å². The molecule has 0 radical (unpaired) electrons. The molecule has 0 atom stereocenters. The van der Waals surface area contributed by atoms with Gasteiger partial charge in [-0.2, -0.15) is 0 Å². The Morgan fingerprint density at radius 3 is 0.636 bits per heavy atom. The van der Waals surface area contributed by atoms with Crippen LogP contribution < -0.4 is 0 Å². The van der Waals surface area contributed by atoms with Crippen LogP contribution in [0, 0.1) is 0 Å². The Kier molecular flexibility index (Phi) is 19.7. The van der Waals surface area contributed by atoms with Crippen LogP contribution in [-0.4, -0.2) is 70.6 Å². The van der Waals surface area contributed by atoms with E-state index < -0.39 is 0 Å². The fraction of sp³-hybridized carbons (Fsp3) is 1.00. The van der Waals surface area contributed by atoms with E-state index in [0.717, 1.165) is 0 Å². The van der Waals surface area contributed by atoms with Gasteiger partial charge in [-0.1, -0.05) is 41.5 Å². The monoisotopic (exact) mass is 472 g/mol. The molecular formula is C30H69N3. The van der Waals surface area contributed by atoms with E-state index in [1.165, 1.54) is 97.1 Å². The van der Waals surface area contributed by atoms with Crippen molar-refractivity contribution in [3.63, 3.8) is 0 Å². The molecular weight excluding hydrogens is 402 g/mol. The summed E-state index contributed by atoms with van der Waals surface area (Å²) < 4.78 is 0. The molecule has 0 aromatic heterocycles. The highest BCUT2D eigenvalue weighted by atomic mass is 15.2. The fourth-order valence-electron chi connectivity index (χ4n) is 4.69. The van der Waals surface area contributed by atoms with Gasteiger partial charge in [0.1, 0.15) is 0 Å². The van der Waals surface area contributed by atoms with Crippen molar-refractivity contribution in [2.45, 2.75) is 159 Å². The van der Waals surface area contributed by atoms with Gasteiger partial charge in [0.2, 0.25) is 0 Å². The first kappa shape index (κ1) is 37.4. The van der Waals surface area contributed by atoms with E-state index >= 15 is 0 Å². The molecule has 204 valence electrons. The molecule has 0 N–H and O–H groups in total.